The maximum absolute atomic E-state index is 6.03. The zero-order valence-corrected chi connectivity index (χ0v) is 19.5. The Kier molecular flexibility index (Phi) is 8.34. The molecule has 148 valence electrons. The highest BCUT2D eigenvalue weighted by atomic mass is 79.9. The van der Waals surface area contributed by atoms with E-state index in [1.807, 2.05) is 60.7 Å². The van der Waals surface area contributed by atoms with Crippen LogP contribution in [-0.2, 0) is 12.4 Å². The number of amidine groups is 1. The Hall–Kier alpha value is -2.09. The number of nitrogens with zero attached hydrogens (tertiary/aromatic N) is 2. The van der Waals surface area contributed by atoms with Crippen molar-refractivity contribution in [2.75, 3.05) is 0 Å². The van der Waals surface area contributed by atoms with Gasteiger partial charge < -0.3 is 10.5 Å². The van der Waals surface area contributed by atoms with Crippen LogP contribution >= 0.6 is 43.6 Å². The molecule has 3 aromatic carbocycles. The number of nitrogens with two attached hydrogens (primary N) is 1. The van der Waals surface area contributed by atoms with E-state index in [1.54, 1.807) is 6.21 Å². The summed E-state index contributed by atoms with van der Waals surface area (Å²) in [6.45, 7) is 0.459. The predicted molar refractivity (Wildman–Crippen MR) is 130 cm³/mol. The second kappa shape index (κ2) is 11.2. The first-order valence-corrected chi connectivity index (χ1v) is 11.4. The summed E-state index contributed by atoms with van der Waals surface area (Å²) in [6, 6.07) is 24.0. The highest BCUT2D eigenvalue weighted by molar-refractivity contribution is 9.11. The van der Waals surface area contributed by atoms with Gasteiger partial charge in [-0.15, -0.1) is 5.10 Å². The molecule has 0 radical (unpaired) electrons. The van der Waals surface area contributed by atoms with E-state index in [4.69, 9.17) is 10.5 Å². The van der Waals surface area contributed by atoms with Crippen LogP contribution in [0.15, 0.2) is 91.9 Å². The Bertz CT molecular complexity index is 996. The van der Waals surface area contributed by atoms with Crippen molar-refractivity contribution >= 4 is 55.0 Å². The average Bonchev–Trinajstić information content (AvgIpc) is 2.73. The largest absolute Gasteiger partial charge is 0.487 e. The van der Waals surface area contributed by atoms with E-state index in [9.17, 15) is 0 Å². The van der Waals surface area contributed by atoms with Crippen LogP contribution in [0.4, 0.5) is 0 Å². The number of hydrogen-bond acceptors (Lipinski definition) is 4. The molecule has 4 nitrogen and oxygen atoms in total. The van der Waals surface area contributed by atoms with Gasteiger partial charge in [-0.3, -0.25) is 0 Å². The van der Waals surface area contributed by atoms with E-state index < -0.39 is 0 Å². The van der Waals surface area contributed by atoms with Crippen LogP contribution in [0.3, 0.4) is 0 Å². The SMILES string of the molecule is NC(=NN=Cc1cc(Br)cc(Br)c1OCc1ccccc1)SCc1ccccc1. The Morgan fingerprint density at radius 2 is 1.62 bits per heavy atom. The lowest BCUT2D eigenvalue weighted by molar-refractivity contribution is 0.304. The third-order valence-electron chi connectivity index (χ3n) is 3.85. The molecule has 0 atom stereocenters. The molecular weight excluding hydrogens is 514 g/mol. The molecule has 0 bridgehead atoms. The maximum atomic E-state index is 6.03. The van der Waals surface area contributed by atoms with Crippen LogP contribution in [0.2, 0.25) is 0 Å². The van der Waals surface area contributed by atoms with Crippen molar-refractivity contribution < 1.29 is 4.74 Å². The Morgan fingerprint density at radius 3 is 2.31 bits per heavy atom. The summed E-state index contributed by atoms with van der Waals surface area (Å²) in [5.74, 6) is 1.45. The molecule has 0 fully saturated rings. The van der Waals surface area contributed by atoms with Crippen molar-refractivity contribution in [1.29, 1.82) is 0 Å². The van der Waals surface area contributed by atoms with Gasteiger partial charge in [0.15, 0.2) is 5.17 Å². The van der Waals surface area contributed by atoms with Gasteiger partial charge in [-0.25, -0.2) is 0 Å². The summed E-state index contributed by atoms with van der Waals surface area (Å²) in [4.78, 5) is 0. The van der Waals surface area contributed by atoms with Crippen molar-refractivity contribution in [2.45, 2.75) is 12.4 Å². The third-order valence-corrected chi connectivity index (χ3v) is 5.75. The predicted octanol–water partition coefficient (Wildman–Crippen LogP) is 6.37. The van der Waals surface area contributed by atoms with Crippen LogP contribution in [0.1, 0.15) is 16.7 Å². The summed E-state index contributed by atoms with van der Waals surface area (Å²) in [6.07, 6.45) is 1.64. The van der Waals surface area contributed by atoms with E-state index in [2.05, 4.69) is 54.2 Å². The lowest BCUT2D eigenvalue weighted by atomic mass is 10.2. The molecule has 29 heavy (non-hydrogen) atoms. The van der Waals surface area contributed by atoms with Gasteiger partial charge in [-0.05, 0) is 39.2 Å². The van der Waals surface area contributed by atoms with Crippen LogP contribution in [0.5, 0.6) is 5.75 Å². The monoisotopic (exact) mass is 531 g/mol. The van der Waals surface area contributed by atoms with Crippen molar-refractivity contribution in [3.63, 3.8) is 0 Å². The number of hydrogen-bond donors (Lipinski definition) is 1. The normalized spacial score (nSPS) is 11.7. The highest BCUT2D eigenvalue weighted by Crippen LogP contribution is 2.32. The molecule has 3 aromatic rings. The smallest absolute Gasteiger partial charge is 0.180 e. The van der Waals surface area contributed by atoms with Gasteiger partial charge in [0.1, 0.15) is 12.4 Å². The molecule has 0 aliphatic carbocycles. The molecule has 0 spiro atoms. The number of benzene rings is 3. The summed E-state index contributed by atoms with van der Waals surface area (Å²) < 4.78 is 7.77. The second-order valence-electron chi connectivity index (χ2n) is 6.04. The quantitative estimate of drug-likeness (QED) is 0.218. The van der Waals surface area contributed by atoms with Crippen molar-refractivity contribution in [3.8, 4) is 5.75 Å². The van der Waals surface area contributed by atoms with Crippen LogP contribution < -0.4 is 10.5 Å². The molecular formula is C22H19Br2N3OS. The molecule has 7 heteroatoms. The molecule has 0 aliphatic heterocycles. The average molecular weight is 533 g/mol. The maximum Gasteiger partial charge on any atom is 0.180 e. The van der Waals surface area contributed by atoms with Crippen molar-refractivity contribution in [3.05, 3.63) is 98.4 Å². The molecule has 3 rings (SSSR count). The second-order valence-corrected chi connectivity index (χ2v) is 8.80. The van der Waals surface area contributed by atoms with Gasteiger partial charge in [0.05, 0.1) is 10.7 Å². The molecule has 0 amide bonds. The number of ether oxygens (including phenoxy) is 1. The van der Waals surface area contributed by atoms with E-state index >= 15 is 0 Å². The molecule has 0 heterocycles. The highest BCUT2D eigenvalue weighted by Gasteiger charge is 2.09. The molecule has 2 N–H and O–H groups in total. The van der Waals surface area contributed by atoms with Gasteiger partial charge in [-0.1, -0.05) is 88.4 Å². The standard InChI is InChI=1S/C22H19Br2N3OS/c23-19-11-18(13-26-27-22(25)29-15-17-9-5-2-6-10-17)21(20(24)12-19)28-14-16-7-3-1-4-8-16/h1-13H,14-15H2,(H2,25,27). The molecule has 0 unspecified atom stereocenters. The fraction of sp³-hybridized carbons (Fsp3) is 0.0909. The first kappa shape index (κ1) is 21.6. The Morgan fingerprint density at radius 1 is 0.966 bits per heavy atom. The van der Waals surface area contributed by atoms with Crippen molar-refractivity contribution in [1.82, 2.24) is 0 Å². The van der Waals surface area contributed by atoms with E-state index in [0.717, 1.165) is 25.8 Å². The van der Waals surface area contributed by atoms with Crippen LogP contribution in [0.25, 0.3) is 0 Å². The van der Waals surface area contributed by atoms with Gasteiger partial charge in [0.2, 0.25) is 0 Å². The lowest BCUT2D eigenvalue weighted by Crippen LogP contribution is -2.06. The Labute approximate surface area is 191 Å². The fourth-order valence-corrected chi connectivity index (χ4v) is 4.45. The van der Waals surface area contributed by atoms with E-state index in [-0.39, 0.29) is 0 Å². The van der Waals surface area contributed by atoms with Gasteiger partial charge in [0, 0.05) is 15.8 Å². The molecule has 0 aromatic heterocycles. The fourth-order valence-electron chi connectivity index (χ4n) is 2.47. The first-order chi connectivity index (χ1) is 14.1. The molecule has 0 saturated carbocycles. The Balaban J connectivity index is 1.68. The summed E-state index contributed by atoms with van der Waals surface area (Å²) in [7, 11) is 0. The zero-order chi connectivity index (χ0) is 20.5. The van der Waals surface area contributed by atoms with Gasteiger partial charge in [0.25, 0.3) is 0 Å². The lowest BCUT2D eigenvalue weighted by Gasteiger charge is -2.12. The zero-order valence-electron chi connectivity index (χ0n) is 15.5. The summed E-state index contributed by atoms with van der Waals surface area (Å²) in [5, 5.41) is 8.65. The minimum absolute atomic E-state index is 0.408. The van der Waals surface area contributed by atoms with Gasteiger partial charge in [-0.2, -0.15) is 5.10 Å². The van der Waals surface area contributed by atoms with E-state index in [1.165, 1.54) is 17.3 Å². The van der Waals surface area contributed by atoms with E-state index in [0.29, 0.717) is 17.5 Å². The van der Waals surface area contributed by atoms with Crippen molar-refractivity contribution in [2.24, 2.45) is 15.9 Å². The first-order valence-electron chi connectivity index (χ1n) is 8.81. The number of thioether (sulfide) groups is 1. The summed E-state index contributed by atoms with van der Waals surface area (Å²) in [5.41, 5.74) is 9.04. The molecule has 0 aliphatic rings. The minimum Gasteiger partial charge on any atom is -0.487 e. The van der Waals surface area contributed by atoms with Crippen LogP contribution in [0, 0.1) is 0 Å². The summed E-state index contributed by atoms with van der Waals surface area (Å²) >= 11 is 8.51. The number of rotatable bonds is 7. The topological polar surface area (TPSA) is 60.0 Å². The van der Waals surface area contributed by atoms with Gasteiger partial charge >= 0.3 is 0 Å². The third kappa shape index (κ3) is 7.03. The van der Waals surface area contributed by atoms with Crippen LogP contribution in [-0.4, -0.2) is 11.4 Å². The minimum atomic E-state index is 0.408. The molecule has 0 saturated heterocycles. The number of halogens is 2.